The average molecular weight is 149 g/mol. The van der Waals surface area contributed by atoms with Gasteiger partial charge in [-0.1, -0.05) is 0 Å². The predicted octanol–water partition coefficient (Wildman–Crippen LogP) is 1.14. The summed E-state index contributed by atoms with van der Waals surface area (Å²) in [6.45, 7) is 0. The van der Waals surface area contributed by atoms with Gasteiger partial charge in [0.25, 0.3) is 0 Å². The first-order chi connectivity index (χ1) is 4.74. The molecule has 3 heteroatoms. The molecule has 0 aliphatic carbocycles. The molecule has 48 valence electrons. The second-order valence-corrected chi connectivity index (χ2v) is 2.55. The Bertz CT molecular complexity index is 237. The Labute approximate surface area is 74.5 Å². The van der Waals surface area contributed by atoms with E-state index in [1.165, 1.54) is 0 Å². The van der Waals surface area contributed by atoms with E-state index in [1.807, 2.05) is 35.9 Å². The number of rotatable bonds is 1. The second-order valence-electron chi connectivity index (χ2n) is 2.11. The van der Waals surface area contributed by atoms with Gasteiger partial charge in [0, 0.05) is 0 Å². The van der Waals surface area contributed by atoms with Crippen molar-refractivity contribution < 1.29 is 4.74 Å². The number of halogens is 1. The molecule has 0 saturated carbocycles. The molecule has 1 aromatic rings. The molecule has 1 nitrogen and oxygen atoms in total. The van der Waals surface area contributed by atoms with Crippen molar-refractivity contribution in [1.29, 1.82) is 0 Å². The molecule has 0 N–H and O–H groups in total. The Balaban J connectivity index is 3.07. The zero-order valence-corrected chi connectivity index (χ0v) is 6.77. The number of ether oxygens (including phenoxy) is 1. The van der Waals surface area contributed by atoms with E-state index in [2.05, 4.69) is 0 Å². The molecule has 0 bridgehead atoms. The van der Waals surface area contributed by atoms with Gasteiger partial charge in [-0.15, -0.1) is 0 Å². The Morgan fingerprint density at radius 2 is 2.20 bits per heavy atom. The normalized spacial score (nSPS) is 9.60. The number of hydrogen-bond acceptors (Lipinski definition) is 1. The van der Waals surface area contributed by atoms with Gasteiger partial charge >= 0.3 is 74.4 Å². The zero-order chi connectivity index (χ0) is 7.56. The van der Waals surface area contributed by atoms with Crippen molar-refractivity contribution >= 4 is 33.6 Å². The third-order valence-electron chi connectivity index (χ3n) is 1.36. The van der Waals surface area contributed by atoms with Crippen LogP contribution in [0.3, 0.4) is 0 Å². The van der Waals surface area contributed by atoms with E-state index in [0.29, 0.717) is 0 Å². The van der Waals surface area contributed by atoms with Crippen molar-refractivity contribution in [3.05, 3.63) is 23.2 Å². The molecule has 0 spiro atoms. The van der Waals surface area contributed by atoms with Gasteiger partial charge in [0.2, 0.25) is 0 Å². The summed E-state index contributed by atoms with van der Waals surface area (Å²) in [7, 11) is 1.65. The molecule has 0 unspecified atom stereocenters. The maximum absolute atomic E-state index is 5.72. The molecule has 0 fully saturated rings. The first-order valence-corrected chi connectivity index (χ1v) is 3.42. The molecule has 0 amide bonds. The van der Waals surface area contributed by atoms with E-state index >= 15 is 0 Å². The van der Waals surface area contributed by atoms with Crippen LogP contribution >= 0.6 is 11.6 Å². The molecule has 0 atom stereocenters. The second kappa shape index (κ2) is 3.34. The topological polar surface area (TPSA) is 9.23 Å². The Morgan fingerprint density at radius 3 is 2.70 bits per heavy atom. The fourth-order valence-electron chi connectivity index (χ4n) is 0.842. The molecule has 0 aliphatic heterocycles. The standard InChI is InChI=1S/C7H6ClO.Li/c1-9-7-4-2-6(8)3-5-7;/h2-4H,1H3;. The van der Waals surface area contributed by atoms with E-state index in [4.69, 9.17) is 16.3 Å². The fourth-order valence-corrected chi connectivity index (χ4v) is 1.07. The molecule has 0 saturated heterocycles. The molecular formula is C7H6ClLiO. The Kier molecular flexibility index (Phi) is 2.68. The van der Waals surface area contributed by atoms with Crippen molar-refractivity contribution in [2.24, 2.45) is 0 Å². The number of benzene rings is 1. The van der Waals surface area contributed by atoms with Gasteiger partial charge in [0.05, 0.1) is 0 Å². The van der Waals surface area contributed by atoms with Crippen LogP contribution in [-0.4, -0.2) is 24.8 Å². The van der Waals surface area contributed by atoms with Gasteiger partial charge in [-0.3, -0.25) is 0 Å². The van der Waals surface area contributed by atoms with Crippen molar-refractivity contribution in [2.75, 3.05) is 7.11 Å². The van der Waals surface area contributed by atoms with Gasteiger partial charge in [0.1, 0.15) is 0 Å². The van der Waals surface area contributed by atoms with Crippen LogP contribution in [0.15, 0.2) is 18.2 Å². The van der Waals surface area contributed by atoms with Gasteiger partial charge in [0.15, 0.2) is 0 Å². The van der Waals surface area contributed by atoms with Crippen LogP contribution in [0.1, 0.15) is 0 Å². The molecule has 1 aromatic carbocycles. The van der Waals surface area contributed by atoms with E-state index in [1.54, 1.807) is 7.11 Å². The SMILES string of the molecule is [Li][c]1cc(Cl)ccc1OC. The fraction of sp³-hybridized carbons (Fsp3) is 0.143. The van der Waals surface area contributed by atoms with Crippen LogP contribution in [0.25, 0.3) is 0 Å². The summed E-state index contributed by atoms with van der Waals surface area (Å²) in [5, 5.41) is 0.748. The molecule has 1 rings (SSSR count). The third kappa shape index (κ3) is 1.70. The molecule has 0 radical (unpaired) electrons. The van der Waals surface area contributed by atoms with Crippen LogP contribution in [0, 0.1) is 0 Å². The molecule has 0 aliphatic rings. The summed E-state index contributed by atoms with van der Waals surface area (Å²) in [5.41, 5.74) is 0. The monoisotopic (exact) mass is 148 g/mol. The van der Waals surface area contributed by atoms with Crippen molar-refractivity contribution in [1.82, 2.24) is 0 Å². The minimum absolute atomic E-state index is 0.748. The Morgan fingerprint density at radius 1 is 1.50 bits per heavy atom. The van der Waals surface area contributed by atoms with Gasteiger partial charge < -0.3 is 0 Å². The minimum atomic E-state index is 0.748. The average Bonchev–Trinajstić information content (AvgIpc) is 1.88. The third-order valence-corrected chi connectivity index (χ3v) is 1.59. The summed E-state index contributed by atoms with van der Waals surface area (Å²) >= 11 is 7.68. The van der Waals surface area contributed by atoms with Crippen molar-refractivity contribution in [2.45, 2.75) is 0 Å². The predicted molar refractivity (Wildman–Crippen MR) is 43.4 cm³/mol. The van der Waals surface area contributed by atoms with Crippen molar-refractivity contribution in [3.8, 4) is 5.75 Å². The molecule has 10 heavy (non-hydrogen) atoms. The summed E-state index contributed by atoms with van der Waals surface area (Å²) in [6, 6.07) is 5.55. The van der Waals surface area contributed by atoms with Gasteiger partial charge in [-0.25, -0.2) is 0 Å². The summed E-state index contributed by atoms with van der Waals surface area (Å²) in [6.07, 6.45) is 0. The Hall–Kier alpha value is -0.0926. The van der Waals surface area contributed by atoms with Crippen LogP contribution in [0.2, 0.25) is 5.02 Å². The zero-order valence-electron chi connectivity index (χ0n) is 6.02. The summed E-state index contributed by atoms with van der Waals surface area (Å²) in [5.74, 6) is 0.879. The van der Waals surface area contributed by atoms with E-state index in [-0.39, 0.29) is 0 Å². The summed E-state index contributed by atoms with van der Waals surface area (Å²) in [4.78, 5) is 0. The van der Waals surface area contributed by atoms with E-state index in [0.717, 1.165) is 15.0 Å². The number of hydrogen-bond donors (Lipinski definition) is 0. The first kappa shape index (κ1) is 8.01. The quantitative estimate of drug-likeness (QED) is 0.543. The maximum atomic E-state index is 5.72. The van der Waals surface area contributed by atoms with E-state index in [9.17, 15) is 0 Å². The van der Waals surface area contributed by atoms with Crippen LogP contribution in [0.4, 0.5) is 0 Å². The van der Waals surface area contributed by atoms with Crippen LogP contribution in [-0.2, 0) is 0 Å². The molecular weight excluding hydrogens is 142 g/mol. The number of methoxy groups -OCH3 is 1. The van der Waals surface area contributed by atoms with Crippen LogP contribution in [0.5, 0.6) is 5.75 Å². The summed E-state index contributed by atoms with van der Waals surface area (Å²) < 4.78 is 6.11. The van der Waals surface area contributed by atoms with Gasteiger partial charge in [-0.2, -0.15) is 0 Å². The van der Waals surface area contributed by atoms with Crippen LogP contribution < -0.4 is 8.97 Å². The van der Waals surface area contributed by atoms with Gasteiger partial charge in [-0.05, 0) is 0 Å². The molecule has 0 aromatic heterocycles. The molecule has 0 heterocycles. The first-order valence-electron chi connectivity index (χ1n) is 3.04. The van der Waals surface area contributed by atoms with Crippen molar-refractivity contribution in [3.63, 3.8) is 0 Å². The van der Waals surface area contributed by atoms with E-state index < -0.39 is 0 Å².